The van der Waals surface area contributed by atoms with Gasteiger partial charge in [-0.1, -0.05) is 12.1 Å². The van der Waals surface area contributed by atoms with E-state index in [1.165, 1.54) is 11.9 Å². The third kappa shape index (κ3) is 3.22. The van der Waals surface area contributed by atoms with Gasteiger partial charge in [-0.25, -0.2) is 15.0 Å². The maximum atomic E-state index is 4.29. The second-order valence-electron chi connectivity index (χ2n) is 6.22. The third-order valence-electron chi connectivity index (χ3n) is 4.44. The number of aromatic amines is 1. The Bertz CT molecular complexity index is 803. The van der Waals surface area contributed by atoms with Crippen LogP contribution in [0.4, 0.5) is 11.5 Å². The number of imidazole rings is 1. The fourth-order valence-corrected chi connectivity index (χ4v) is 2.95. The van der Waals surface area contributed by atoms with Gasteiger partial charge in [0.15, 0.2) is 11.5 Å². The lowest BCUT2D eigenvalue weighted by Crippen LogP contribution is -2.43. The predicted molar refractivity (Wildman–Crippen MR) is 94.2 cm³/mol. The van der Waals surface area contributed by atoms with E-state index in [-0.39, 0.29) is 0 Å². The Morgan fingerprint density at radius 1 is 1.04 bits per heavy atom. The van der Waals surface area contributed by atoms with Gasteiger partial charge in [-0.15, -0.1) is 0 Å². The molecule has 7 heteroatoms. The fourth-order valence-electron chi connectivity index (χ4n) is 2.95. The Morgan fingerprint density at radius 2 is 1.83 bits per heavy atom. The standard InChI is InChI=1S/C17H21N7/c1-23-6-8-24(9-7-23)10-13-2-4-14(5-3-13)22-17-15-16(19-11-18-15)20-12-21-17/h2-5,11-12H,6-10H2,1H3,(H2,18,19,20,21,22). The van der Waals surface area contributed by atoms with Crippen LogP contribution in [0.5, 0.6) is 0 Å². The van der Waals surface area contributed by atoms with Crippen LogP contribution in [0, 0.1) is 0 Å². The molecule has 1 aromatic carbocycles. The Balaban J connectivity index is 1.43. The number of likely N-dealkylation sites (N-methyl/N-ethyl adjacent to an activating group) is 1. The number of hydrogen-bond acceptors (Lipinski definition) is 6. The molecule has 4 rings (SSSR count). The van der Waals surface area contributed by atoms with Crippen molar-refractivity contribution in [1.82, 2.24) is 29.7 Å². The normalized spacial score (nSPS) is 16.5. The molecule has 0 saturated carbocycles. The van der Waals surface area contributed by atoms with Gasteiger partial charge >= 0.3 is 0 Å². The molecule has 1 aliphatic heterocycles. The summed E-state index contributed by atoms with van der Waals surface area (Å²) in [4.78, 5) is 20.5. The molecule has 0 spiro atoms. The molecule has 0 atom stereocenters. The molecule has 2 aromatic heterocycles. The Kier molecular flexibility index (Phi) is 4.10. The van der Waals surface area contributed by atoms with Crippen molar-refractivity contribution in [3.63, 3.8) is 0 Å². The first-order valence-electron chi connectivity index (χ1n) is 8.19. The number of benzene rings is 1. The summed E-state index contributed by atoms with van der Waals surface area (Å²) in [5.74, 6) is 0.740. The zero-order valence-electron chi connectivity index (χ0n) is 13.7. The van der Waals surface area contributed by atoms with Gasteiger partial charge in [-0.2, -0.15) is 0 Å². The lowest BCUT2D eigenvalue weighted by molar-refractivity contribution is 0.148. The molecule has 0 bridgehead atoms. The highest BCUT2D eigenvalue weighted by Gasteiger charge is 2.13. The predicted octanol–water partition coefficient (Wildman–Crippen LogP) is 1.84. The highest BCUT2D eigenvalue weighted by Crippen LogP contribution is 2.21. The van der Waals surface area contributed by atoms with Crippen LogP contribution in [0.1, 0.15) is 5.56 Å². The van der Waals surface area contributed by atoms with E-state index in [1.54, 1.807) is 6.33 Å². The summed E-state index contributed by atoms with van der Waals surface area (Å²) in [5.41, 5.74) is 3.82. The molecule has 24 heavy (non-hydrogen) atoms. The highest BCUT2D eigenvalue weighted by atomic mass is 15.2. The zero-order valence-corrected chi connectivity index (χ0v) is 13.7. The van der Waals surface area contributed by atoms with E-state index in [0.717, 1.165) is 49.7 Å². The topological polar surface area (TPSA) is 73.0 Å². The zero-order chi connectivity index (χ0) is 16.4. The summed E-state index contributed by atoms with van der Waals surface area (Å²) in [5, 5.41) is 3.33. The van der Waals surface area contributed by atoms with Crippen LogP contribution >= 0.6 is 0 Å². The van der Waals surface area contributed by atoms with Crippen molar-refractivity contribution < 1.29 is 0 Å². The summed E-state index contributed by atoms with van der Waals surface area (Å²) in [6.45, 7) is 5.57. The molecule has 0 unspecified atom stereocenters. The van der Waals surface area contributed by atoms with Crippen LogP contribution in [-0.2, 0) is 6.54 Å². The van der Waals surface area contributed by atoms with Crippen LogP contribution in [-0.4, -0.2) is 63.0 Å². The lowest BCUT2D eigenvalue weighted by atomic mass is 10.2. The van der Waals surface area contributed by atoms with Crippen molar-refractivity contribution >= 4 is 22.7 Å². The number of anilines is 2. The Hall–Kier alpha value is -2.51. The molecule has 0 amide bonds. The van der Waals surface area contributed by atoms with Crippen LogP contribution in [0.3, 0.4) is 0 Å². The maximum absolute atomic E-state index is 4.29. The number of piperazine rings is 1. The number of rotatable bonds is 4. The van der Waals surface area contributed by atoms with Crippen molar-refractivity contribution in [2.24, 2.45) is 0 Å². The molecule has 0 radical (unpaired) electrons. The molecule has 0 aliphatic carbocycles. The molecule has 1 aliphatic rings. The van der Waals surface area contributed by atoms with Crippen LogP contribution in [0.15, 0.2) is 36.9 Å². The minimum atomic E-state index is 0.666. The summed E-state index contributed by atoms with van der Waals surface area (Å²) < 4.78 is 0. The van der Waals surface area contributed by atoms with Crippen molar-refractivity contribution in [2.45, 2.75) is 6.54 Å². The molecule has 1 saturated heterocycles. The lowest BCUT2D eigenvalue weighted by Gasteiger charge is -2.32. The molecule has 3 aromatic rings. The minimum Gasteiger partial charge on any atom is -0.340 e. The molecule has 7 nitrogen and oxygen atoms in total. The fraction of sp³-hybridized carbons (Fsp3) is 0.353. The summed E-state index contributed by atoms with van der Waals surface area (Å²) in [6.07, 6.45) is 3.15. The van der Waals surface area contributed by atoms with E-state index in [9.17, 15) is 0 Å². The van der Waals surface area contributed by atoms with E-state index in [2.05, 4.69) is 66.4 Å². The molecular weight excluding hydrogens is 302 g/mol. The monoisotopic (exact) mass is 323 g/mol. The van der Waals surface area contributed by atoms with E-state index in [4.69, 9.17) is 0 Å². The number of aromatic nitrogens is 4. The van der Waals surface area contributed by atoms with Crippen molar-refractivity contribution in [3.05, 3.63) is 42.5 Å². The number of fused-ring (bicyclic) bond motifs is 1. The second kappa shape index (κ2) is 6.54. The van der Waals surface area contributed by atoms with E-state index >= 15 is 0 Å². The largest absolute Gasteiger partial charge is 0.340 e. The van der Waals surface area contributed by atoms with Gasteiger partial charge in [0.2, 0.25) is 0 Å². The van der Waals surface area contributed by atoms with E-state index in [1.807, 2.05) is 0 Å². The SMILES string of the molecule is CN1CCN(Cc2ccc(Nc3ncnc4nc[nH]c34)cc2)CC1. The van der Waals surface area contributed by atoms with Gasteiger partial charge in [-0.05, 0) is 24.7 Å². The summed E-state index contributed by atoms with van der Waals surface area (Å²) in [7, 11) is 2.18. The molecule has 3 heterocycles. The van der Waals surface area contributed by atoms with Gasteiger partial charge in [0, 0.05) is 38.4 Å². The Labute approximate surface area is 140 Å². The van der Waals surface area contributed by atoms with Gasteiger partial charge < -0.3 is 15.2 Å². The number of H-pyrrole nitrogens is 1. The van der Waals surface area contributed by atoms with Crippen LogP contribution < -0.4 is 5.32 Å². The first-order valence-corrected chi connectivity index (χ1v) is 8.19. The quantitative estimate of drug-likeness (QED) is 0.763. The van der Waals surface area contributed by atoms with Crippen LogP contribution in [0.2, 0.25) is 0 Å². The number of hydrogen-bond donors (Lipinski definition) is 2. The molecule has 2 N–H and O–H groups in total. The van der Waals surface area contributed by atoms with Gasteiger partial charge in [0.1, 0.15) is 11.8 Å². The van der Waals surface area contributed by atoms with Crippen molar-refractivity contribution in [2.75, 3.05) is 38.5 Å². The average molecular weight is 323 g/mol. The highest BCUT2D eigenvalue weighted by molar-refractivity contribution is 5.84. The maximum Gasteiger partial charge on any atom is 0.182 e. The first kappa shape index (κ1) is 15.0. The van der Waals surface area contributed by atoms with E-state index in [0.29, 0.717) is 5.65 Å². The summed E-state index contributed by atoms with van der Waals surface area (Å²) >= 11 is 0. The number of nitrogens with one attached hydrogen (secondary N) is 2. The Morgan fingerprint density at radius 3 is 2.62 bits per heavy atom. The first-order chi connectivity index (χ1) is 11.8. The smallest absolute Gasteiger partial charge is 0.182 e. The molecule has 124 valence electrons. The van der Waals surface area contributed by atoms with Crippen LogP contribution in [0.25, 0.3) is 11.2 Å². The number of nitrogens with zero attached hydrogens (tertiary/aromatic N) is 5. The second-order valence-corrected chi connectivity index (χ2v) is 6.22. The molecular formula is C17H21N7. The summed E-state index contributed by atoms with van der Waals surface area (Å²) in [6, 6.07) is 8.53. The van der Waals surface area contributed by atoms with E-state index < -0.39 is 0 Å². The average Bonchev–Trinajstić information content (AvgIpc) is 3.08. The third-order valence-corrected chi connectivity index (χ3v) is 4.44. The minimum absolute atomic E-state index is 0.666. The molecule has 1 fully saturated rings. The van der Waals surface area contributed by atoms with Crippen molar-refractivity contribution in [3.8, 4) is 0 Å². The van der Waals surface area contributed by atoms with Gasteiger partial charge in [-0.3, -0.25) is 4.90 Å². The van der Waals surface area contributed by atoms with Gasteiger partial charge in [0.05, 0.1) is 6.33 Å². The van der Waals surface area contributed by atoms with Gasteiger partial charge in [0.25, 0.3) is 0 Å². The van der Waals surface area contributed by atoms with Crippen molar-refractivity contribution in [1.29, 1.82) is 0 Å².